The maximum Gasteiger partial charge on any atom is 0.424 e. The summed E-state index contributed by atoms with van der Waals surface area (Å²) < 4.78 is 1.01. The van der Waals surface area contributed by atoms with Gasteiger partial charge in [0.2, 0.25) is 0 Å². The fraction of sp³-hybridized carbons (Fsp3) is 0.500. The molecule has 0 atom stereocenters. The molecule has 1 heterocycles. The zero-order valence-electron chi connectivity index (χ0n) is 7.63. The molecule has 0 amide bonds. The average molecular weight is 200 g/mol. The predicted octanol–water partition coefficient (Wildman–Crippen LogP) is 1.03. The van der Waals surface area contributed by atoms with Gasteiger partial charge in [-0.05, 0) is 18.8 Å². The van der Waals surface area contributed by atoms with Crippen LogP contribution in [0.1, 0.15) is 12.6 Å². The molecule has 0 unspecified atom stereocenters. The van der Waals surface area contributed by atoms with Gasteiger partial charge in [-0.25, -0.2) is 0 Å². The number of aromatic nitrogens is 2. The van der Waals surface area contributed by atoms with Gasteiger partial charge in [0.1, 0.15) is 6.54 Å². The first kappa shape index (κ1) is 10.1. The average Bonchev–Trinajstić information content (AvgIpc) is 2.41. The SMILES string of the molecule is CCn1nc(C)c([N+](=O)[O-])c1[N+](=O)[O-]. The molecule has 14 heavy (non-hydrogen) atoms. The second-order valence-corrected chi connectivity index (χ2v) is 2.59. The summed E-state index contributed by atoms with van der Waals surface area (Å²) in [4.78, 5) is 19.5. The summed E-state index contributed by atoms with van der Waals surface area (Å²) >= 11 is 0. The molecule has 0 spiro atoms. The third-order valence-corrected chi connectivity index (χ3v) is 1.72. The summed E-state index contributed by atoms with van der Waals surface area (Å²) in [6.45, 7) is 3.23. The van der Waals surface area contributed by atoms with Crippen molar-refractivity contribution in [3.8, 4) is 0 Å². The summed E-state index contributed by atoms with van der Waals surface area (Å²) in [7, 11) is 0. The van der Waals surface area contributed by atoms with Crippen LogP contribution in [0.5, 0.6) is 0 Å². The van der Waals surface area contributed by atoms with Crippen molar-refractivity contribution in [3.05, 3.63) is 25.9 Å². The van der Waals surface area contributed by atoms with E-state index >= 15 is 0 Å². The molecule has 0 aromatic carbocycles. The quantitative estimate of drug-likeness (QED) is 0.535. The van der Waals surface area contributed by atoms with Crippen LogP contribution in [0.15, 0.2) is 0 Å². The van der Waals surface area contributed by atoms with E-state index in [4.69, 9.17) is 0 Å². The van der Waals surface area contributed by atoms with Gasteiger partial charge in [0.05, 0.1) is 4.92 Å². The van der Waals surface area contributed by atoms with E-state index in [9.17, 15) is 20.2 Å². The van der Waals surface area contributed by atoms with Gasteiger partial charge < -0.3 is 10.1 Å². The molecule has 1 aromatic rings. The van der Waals surface area contributed by atoms with Crippen molar-refractivity contribution in [2.24, 2.45) is 0 Å². The normalized spacial score (nSPS) is 10.1. The maximum absolute atomic E-state index is 10.6. The van der Waals surface area contributed by atoms with Crippen molar-refractivity contribution in [2.45, 2.75) is 20.4 Å². The van der Waals surface area contributed by atoms with Gasteiger partial charge in [-0.2, -0.15) is 0 Å². The highest BCUT2D eigenvalue weighted by Crippen LogP contribution is 2.29. The number of aryl methyl sites for hydroxylation is 2. The highest BCUT2D eigenvalue weighted by atomic mass is 16.6. The molecule has 0 N–H and O–H groups in total. The monoisotopic (exact) mass is 200 g/mol. The Labute approximate surface area is 78.4 Å². The maximum atomic E-state index is 10.6. The van der Waals surface area contributed by atoms with E-state index in [-0.39, 0.29) is 12.2 Å². The second kappa shape index (κ2) is 3.40. The Balaban J connectivity index is 3.46. The fourth-order valence-corrected chi connectivity index (χ4v) is 1.17. The van der Waals surface area contributed by atoms with E-state index in [0.717, 1.165) is 4.68 Å². The molecule has 0 radical (unpaired) electrons. The van der Waals surface area contributed by atoms with E-state index in [0.29, 0.717) is 0 Å². The van der Waals surface area contributed by atoms with Crippen LogP contribution in [0.3, 0.4) is 0 Å². The van der Waals surface area contributed by atoms with Crippen LogP contribution in [0.25, 0.3) is 0 Å². The first-order valence-corrected chi connectivity index (χ1v) is 3.85. The molecule has 76 valence electrons. The molecule has 8 nitrogen and oxygen atoms in total. The predicted molar refractivity (Wildman–Crippen MR) is 45.9 cm³/mol. The van der Waals surface area contributed by atoms with Crippen LogP contribution in [-0.2, 0) is 6.54 Å². The Kier molecular flexibility index (Phi) is 2.45. The van der Waals surface area contributed by atoms with Gasteiger partial charge in [-0.1, -0.05) is 5.10 Å². The van der Waals surface area contributed by atoms with Crippen molar-refractivity contribution in [1.82, 2.24) is 9.78 Å². The number of hydrogen-bond acceptors (Lipinski definition) is 5. The fourth-order valence-electron chi connectivity index (χ4n) is 1.17. The lowest BCUT2D eigenvalue weighted by Crippen LogP contribution is -2.03. The molecule has 0 aliphatic rings. The van der Waals surface area contributed by atoms with E-state index in [1.54, 1.807) is 6.92 Å². The van der Waals surface area contributed by atoms with Crippen molar-refractivity contribution >= 4 is 11.5 Å². The molecule has 0 bridgehead atoms. The largest absolute Gasteiger partial charge is 0.424 e. The van der Waals surface area contributed by atoms with Gasteiger partial charge >= 0.3 is 11.5 Å². The smallest absolute Gasteiger partial charge is 0.358 e. The summed E-state index contributed by atoms with van der Waals surface area (Å²) in [5.41, 5.74) is -0.472. The lowest BCUT2D eigenvalue weighted by atomic mass is 10.4. The third kappa shape index (κ3) is 1.41. The summed E-state index contributed by atoms with van der Waals surface area (Å²) in [5, 5.41) is 24.8. The lowest BCUT2D eigenvalue weighted by Gasteiger charge is -1.93. The minimum atomic E-state index is -0.790. The Bertz CT molecular complexity index is 397. The minimum Gasteiger partial charge on any atom is -0.358 e. The molecule has 0 fully saturated rings. The van der Waals surface area contributed by atoms with Crippen LogP contribution in [0, 0.1) is 27.2 Å². The summed E-state index contributed by atoms with van der Waals surface area (Å²) in [6.07, 6.45) is 0. The standard InChI is InChI=1S/C6H8N4O4/c1-3-8-6(10(13)14)5(9(11)12)4(2)7-8/h3H2,1-2H3. The van der Waals surface area contributed by atoms with Crippen LogP contribution in [0.2, 0.25) is 0 Å². The second-order valence-electron chi connectivity index (χ2n) is 2.59. The van der Waals surface area contributed by atoms with E-state index in [2.05, 4.69) is 5.10 Å². The van der Waals surface area contributed by atoms with Crippen molar-refractivity contribution in [2.75, 3.05) is 0 Å². The van der Waals surface area contributed by atoms with Gasteiger partial charge in [0.15, 0.2) is 5.69 Å². The Hall–Kier alpha value is -1.99. The molecule has 1 rings (SSSR count). The van der Waals surface area contributed by atoms with Crippen molar-refractivity contribution in [3.63, 3.8) is 0 Å². The van der Waals surface area contributed by atoms with Crippen molar-refractivity contribution in [1.29, 1.82) is 0 Å². The number of hydrogen-bond donors (Lipinski definition) is 0. The van der Waals surface area contributed by atoms with E-state index in [1.807, 2.05) is 0 Å². The minimum absolute atomic E-state index is 0.0588. The Morgan fingerprint density at radius 2 is 1.93 bits per heavy atom. The van der Waals surface area contributed by atoms with E-state index in [1.165, 1.54) is 6.92 Å². The molecule has 8 heteroatoms. The van der Waals surface area contributed by atoms with Crippen LogP contribution in [-0.4, -0.2) is 19.6 Å². The molecule has 0 aliphatic heterocycles. The first-order chi connectivity index (χ1) is 6.49. The van der Waals surface area contributed by atoms with E-state index < -0.39 is 21.4 Å². The summed E-state index contributed by atoms with van der Waals surface area (Å²) in [5.74, 6) is -0.560. The molecule has 1 aromatic heterocycles. The topological polar surface area (TPSA) is 104 Å². The van der Waals surface area contributed by atoms with Gasteiger partial charge in [0.25, 0.3) is 0 Å². The van der Waals surface area contributed by atoms with Crippen molar-refractivity contribution < 1.29 is 9.85 Å². The zero-order chi connectivity index (χ0) is 10.9. The van der Waals surface area contributed by atoms with Crippen LogP contribution >= 0.6 is 0 Å². The molecule has 0 aliphatic carbocycles. The summed E-state index contributed by atoms with van der Waals surface area (Å²) in [6, 6.07) is 0. The first-order valence-electron chi connectivity index (χ1n) is 3.85. The third-order valence-electron chi connectivity index (χ3n) is 1.72. The van der Waals surface area contributed by atoms with Crippen LogP contribution in [0.4, 0.5) is 11.5 Å². The van der Waals surface area contributed by atoms with Gasteiger partial charge in [-0.15, -0.1) is 4.68 Å². The molecule has 0 saturated carbocycles. The lowest BCUT2D eigenvalue weighted by molar-refractivity contribution is -0.426. The molecular formula is C6H8N4O4. The highest BCUT2D eigenvalue weighted by molar-refractivity contribution is 5.50. The number of nitro groups is 2. The molecule has 0 saturated heterocycles. The zero-order valence-corrected chi connectivity index (χ0v) is 7.63. The highest BCUT2D eigenvalue weighted by Gasteiger charge is 2.34. The van der Waals surface area contributed by atoms with Crippen LogP contribution < -0.4 is 0 Å². The van der Waals surface area contributed by atoms with Gasteiger partial charge in [-0.3, -0.25) is 10.1 Å². The Morgan fingerprint density at radius 3 is 2.29 bits per heavy atom. The number of rotatable bonds is 3. The number of nitrogens with zero attached hydrogens (tertiary/aromatic N) is 4. The van der Waals surface area contributed by atoms with Gasteiger partial charge in [0, 0.05) is 0 Å². The molecular weight excluding hydrogens is 192 g/mol. The Morgan fingerprint density at radius 1 is 1.36 bits per heavy atom.